The predicted octanol–water partition coefficient (Wildman–Crippen LogP) is 1.10. The molecule has 1 aliphatic rings. The van der Waals surface area contributed by atoms with Gasteiger partial charge in [0.05, 0.1) is 20.4 Å². The van der Waals surface area contributed by atoms with Crippen molar-refractivity contribution in [2.75, 3.05) is 14.2 Å². The third-order valence-electron chi connectivity index (χ3n) is 2.91. The Morgan fingerprint density at radius 2 is 2.13 bits per heavy atom. The summed E-state index contributed by atoms with van der Waals surface area (Å²) in [6, 6.07) is 5.21. The minimum absolute atomic E-state index is 0.0849. The van der Waals surface area contributed by atoms with E-state index in [9.17, 15) is 9.59 Å². The second-order valence-corrected chi connectivity index (χ2v) is 5.65. The minimum Gasteiger partial charge on any atom is -0.493 e. The molecular formula is C14H15N3O5S. The molecule has 1 atom stereocenters. The summed E-state index contributed by atoms with van der Waals surface area (Å²) < 4.78 is 10.3. The average Bonchev–Trinajstić information content (AvgIpc) is 2.54. The molecule has 122 valence electrons. The SMILES string of the molecule is COc1ccc(/C=N/N=C2NC(=O)CC(C(=O)O)S2)cc1OC. The molecule has 0 radical (unpaired) electrons. The average molecular weight is 337 g/mol. The van der Waals surface area contributed by atoms with Gasteiger partial charge in [-0.15, -0.1) is 5.10 Å². The number of carboxylic acids is 1. The summed E-state index contributed by atoms with van der Waals surface area (Å²) in [7, 11) is 3.07. The van der Waals surface area contributed by atoms with Crippen molar-refractivity contribution < 1.29 is 24.2 Å². The number of methoxy groups -OCH3 is 2. The molecule has 0 spiro atoms. The minimum atomic E-state index is -1.05. The summed E-state index contributed by atoms with van der Waals surface area (Å²) in [6.45, 7) is 0. The fraction of sp³-hybridized carbons (Fsp3) is 0.286. The van der Waals surface area contributed by atoms with Crippen molar-refractivity contribution in [3.8, 4) is 11.5 Å². The van der Waals surface area contributed by atoms with E-state index in [0.717, 1.165) is 11.8 Å². The highest BCUT2D eigenvalue weighted by atomic mass is 32.2. The Labute approximate surface area is 136 Å². The molecule has 0 saturated carbocycles. The molecule has 1 aromatic rings. The number of amidine groups is 1. The number of thioether (sulfide) groups is 1. The maximum Gasteiger partial charge on any atom is 0.317 e. The van der Waals surface area contributed by atoms with Gasteiger partial charge >= 0.3 is 5.97 Å². The van der Waals surface area contributed by atoms with Gasteiger partial charge in [0.15, 0.2) is 16.7 Å². The number of nitrogens with zero attached hydrogens (tertiary/aromatic N) is 2. The van der Waals surface area contributed by atoms with E-state index in [4.69, 9.17) is 14.6 Å². The Balaban J connectivity index is 2.10. The smallest absolute Gasteiger partial charge is 0.317 e. The number of rotatable bonds is 5. The van der Waals surface area contributed by atoms with E-state index in [2.05, 4.69) is 15.5 Å². The lowest BCUT2D eigenvalue weighted by Crippen LogP contribution is -2.40. The van der Waals surface area contributed by atoms with Crippen LogP contribution in [0.2, 0.25) is 0 Å². The van der Waals surface area contributed by atoms with Crippen LogP contribution in [-0.2, 0) is 9.59 Å². The maximum atomic E-state index is 11.4. The fourth-order valence-electron chi connectivity index (χ4n) is 1.81. The highest BCUT2D eigenvalue weighted by Gasteiger charge is 2.29. The van der Waals surface area contributed by atoms with Crippen molar-refractivity contribution >= 4 is 35.0 Å². The van der Waals surface area contributed by atoms with E-state index < -0.39 is 17.1 Å². The van der Waals surface area contributed by atoms with Crippen LogP contribution in [0, 0.1) is 0 Å². The zero-order chi connectivity index (χ0) is 16.8. The molecule has 8 nitrogen and oxygen atoms in total. The molecule has 0 aliphatic carbocycles. The van der Waals surface area contributed by atoms with Crippen LogP contribution in [0.1, 0.15) is 12.0 Å². The number of carbonyl (C=O) groups is 2. The van der Waals surface area contributed by atoms with Gasteiger partial charge in [-0.2, -0.15) is 5.10 Å². The number of nitrogens with one attached hydrogen (secondary N) is 1. The second-order valence-electron chi connectivity index (χ2n) is 4.46. The summed E-state index contributed by atoms with van der Waals surface area (Å²) in [5, 5.41) is 18.5. The van der Waals surface area contributed by atoms with Crippen LogP contribution in [0.5, 0.6) is 11.5 Å². The summed E-state index contributed by atoms with van der Waals surface area (Å²) in [6.07, 6.45) is 1.38. The van der Waals surface area contributed by atoms with Crippen LogP contribution in [0.3, 0.4) is 0 Å². The fourth-order valence-corrected chi connectivity index (χ4v) is 2.68. The van der Waals surface area contributed by atoms with Crippen LogP contribution in [-0.4, -0.2) is 47.8 Å². The van der Waals surface area contributed by atoms with Gasteiger partial charge in [0.1, 0.15) is 5.25 Å². The molecule has 9 heteroatoms. The van der Waals surface area contributed by atoms with E-state index >= 15 is 0 Å². The first kappa shape index (κ1) is 16.8. The van der Waals surface area contributed by atoms with Crippen molar-refractivity contribution in [2.45, 2.75) is 11.7 Å². The summed E-state index contributed by atoms with van der Waals surface area (Å²) in [5.74, 6) is -0.302. The number of benzene rings is 1. The Bertz CT molecular complexity index is 674. The number of aliphatic carboxylic acids is 1. The lowest BCUT2D eigenvalue weighted by atomic mass is 10.2. The van der Waals surface area contributed by atoms with Gasteiger partial charge < -0.3 is 19.9 Å². The molecule has 2 rings (SSSR count). The molecule has 0 bridgehead atoms. The van der Waals surface area contributed by atoms with Crippen molar-refractivity contribution in [3.05, 3.63) is 23.8 Å². The van der Waals surface area contributed by atoms with Crippen LogP contribution < -0.4 is 14.8 Å². The van der Waals surface area contributed by atoms with E-state index in [1.54, 1.807) is 25.3 Å². The van der Waals surface area contributed by atoms with Gasteiger partial charge in [0.25, 0.3) is 0 Å². The first-order valence-corrected chi connectivity index (χ1v) is 7.44. The van der Waals surface area contributed by atoms with Crippen LogP contribution in [0.25, 0.3) is 0 Å². The maximum absolute atomic E-state index is 11.4. The first-order valence-electron chi connectivity index (χ1n) is 6.56. The normalized spacial score (nSPS) is 19.7. The lowest BCUT2D eigenvalue weighted by molar-refractivity contribution is -0.138. The zero-order valence-electron chi connectivity index (χ0n) is 12.5. The molecule has 0 aromatic heterocycles. The Morgan fingerprint density at radius 1 is 1.39 bits per heavy atom. The standard InChI is InChI=1S/C14H15N3O5S/c1-21-9-4-3-8(5-10(9)22-2)7-15-17-14-16-12(18)6-11(23-14)13(19)20/h3-5,7,11H,6H2,1-2H3,(H,19,20)(H,16,17,18)/b15-7+. The highest BCUT2D eigenvalue weighted by molar-refractivity contribution is 8.15. The number of hydrogen-bond acceptors (Lipinski definition) is 7. The lowest BCUT2D eigenvalue weighted by Gasteiger charge is -2.18. The van der Waals surface area contributed by atoms with Gasteiger partial charge in [-0.05, 0) is 23.8 Å². The molecule has 23 heavy (non-hydrogen) atoms. The number of hydrogen-bond donors (Lipinski definition) is 2. The van der Waals surface area contributed by atoms with Gasteiger partial charge in [-0.1, -0.05) is 11.8 Å². The van der Waals surface area contributed by atoms with Crippen molar-refractivity contribution in [1.82, 2.24) is 5.32 Å². The quantitative estimate of drug-likeness (QED) is 0.615. The molecule has 1 heterocycles. The van der Waals surface area contributed by atoms with Gasteiger partial charge in [0, 0.05) is 6.42 Å². The molecule has 1 aliphatic heterocycles. The Morgan fingerprint density at radius 3 is 2.78 bits per heavy atom. The summed E-state index contributed by atoms with van der Waals surface area (Å²) in [5.41, 5.74) is 0.717. The first-order chi connectivity index (χ1) is 11.0. The molecule has 2 N–H and O–H groups in total. The number of carboxylic acid groups (broad SMARTS) is 1. The van der Waals surface area contributed by atoms with E-state index in [1.807, 2.05) is 0 Å². The third kappa shape index (κ3) is 4.46. The van der Waals surface area contributed by atoms with Crippen LogP contribution >= 0.6 is 11.8 Å². The summed E-state index contributed by atoms with van der Waals surface area (Å²) in [4.78, 5) is 22.4. The van der Waals surface area contributed by atoms with Gasteiger partial charge in [0.2, 0.25) is 5.91 Å². The molecular weight excluding hydrogens is 322 g/mol. The van der Waals surface area contributed by atoms with E-state index in [-0.39, 0.29) is 11.6 Å². The molecule has 1 fully saturated rings. The Kier molecular flexibility index (Phi) is 5.58. The predicted molar refractivity (Wildman–Crippen MR) is 86.3 cm³/mol. The van der Waals surface area contributed by atoms with Crippen molar-refractivity contribution in [1.29, 1.82) is 0 Å². The third-order valence-corrected chi connectivity index (χ3v) is 3.97. The number of ether oxygens (including phenoxy) is 2. The zero-order valence-corrected chi connectivity index (χ0v) is 13.3. The highest BCUT2D eigenvalue weighted by Crippen LogP contribution is 2.27. The molecule has 1 aromatic carbocycles. The van der Waals surface area contributed by atoms with Crippen molar-refractivity contribution in [2.24, 2.45) is 10.2 Å². The largest absolute Gasteiger partial charge is 0.493 e. The van der Waals surface area contributed by atoms with E-state index in [1.165, 1.54) is 13.3 Å². The van der Waals surface area contributed by atoms with Crippen LogP contribution in [0.15, 0.2) is 28.4 Å². The second kappa shape index (κ2) is 7.63. The topological polar surface area (TPSA) is 110 Å². The van der Waals surface area contributed by atoms with Gasteiger partial charge in [-0.3, -0.25) is 9.59 Å². The molecule has 1 amide bonds. The molecule has 1 unspecified atom stereocenters. The number of carbonyl (C=O) groups excluding carboxylic acids is 1. The van der Waals surface area contributed by atoms with Crippen molar-refractivity contribution in [3.63, 3.8) is 0 Å². The summed E-state index contributed by atoms with van der Waals surface area (Å²) >= 11 is 0.952. The Hall–Kier alpha value is -2.55. The van der Waals surface area contributed by atoms with Crippen LogP contribution in [0.4, 0.5) is 0 Å². The van der Waals surface area contributed by atoms with E-state index in [0.29, 0.717) is 17.1 Å². The van der Waals surface area contributed by atoms with Gasteiger partial charge in [-0.25, -0.2) is 0 Å². The number of amides is 1. The monoisotopic (exact) mass is 337 g/mol. The molecule has 1 saturated heterocycles.